The fourth-order valence-electron chi connectivity index (χ4n) is 4.14. The summed E-state index contributed by atoms with van der Waals surface area (Å²) in [7, 11) is 0. The molecule has 4 rings (SSSR count). The van der Waals surface area contributed by atoms with Crippen molar-refractivity contribution in [3.05, 3.63) is 22.4 Å². The molecule has 0 spiro atoms. The summed E-state index contributed by atoms with van der Waals surface area (Å²) >= 11 is 1.41. The molecule has 0 unspecified atom stereocenters. The van der Waals surface area contributed by atoms with E-state index in [0.717, 1.165) is 19.3 Å². The van der Waals surface area contributed by atoms with Crippen LogP contribution in [0.5, 0.6) is 0 Å². The molecule has 3 fully saturated rings. The first-order chi connectivity index (χ1) is 13.1. The molecule has 2 atom stereocenters. The molecule has 3 saturated heterocycles. The zero-order valence-electron chi connectivity index (χ0n) is 15.3. The summed E-state index contributed by atoms with van der Waals surface area (Å²) in [5, 5.41) is 1.88. The third-order valence-electron chi connectivity index (χ3n) is 5.64. The fraction of sp³-hybridized carbons (Fsp3) is 0.632. The van der Waals surface area contributed by atoms with Crippen LogP contribution in [0.3, 0.4) is 0 Å². The van der Waals surface area contributed by atoms with Gasteiger partial charge in [0.2, 0.25) is 5.91 Å². The molecule has 3 aliphatic heterocycles. The van der Waals surface area contributed by atoms with Gasteiger partial charge in [0.25, 0.3) is 11.8 Å². The average molecular weight is 391 g/mol. The Kier molecular flexibility index (Phi) is 5.45. The topological polar surface area (TPSA) is 70.2 Å². The fourth-order valence-corrected chi connectivity index (χ4v) is 4.82. The lowest BCUT2D eigenvalue weighted by molar-refractivity contribution is -0.147. The molecule has 0 saturated carbocycles. The number of hydrogen-bond acceptors (Lipinski definition) is 5. The van der Waals surface area contributed by atoms with Crippen molar-refractivity contribution in [1.82, 2.24) is 14.7 Å². The van der Waals surface area contributed by atoms with Crippen molar-refractivity contribution in [2.24, 2.45) is 0 Å². The quantitative estimate of drug-likeness (QED) is 0.776. The Bertz CT molecular complexity index is 694. The first-order valence-corrected chi connectivity index (χ1v) is 10.6. The predicted molar refractivity (Wildman–Crippen MR) is 101 cm³/mol. The van der Waals surface area contributed by atoms with Crippen LogP contribution in [-0.2, 0) is 14.3 Å². The molecule has 0 aromatic carbocycles. The van der Waals surface area contributed by atoms with Crippen molar-refractivity contribution in [3.63, 3.8) is 0 Å². The second kappa shape index (κ2) is 7.98. The number of rotatable bonds is 3. The van der Waals surface area contributed by atoms with Crippen LogP contribution < -0.4 is 0 Å². The van der Waals surface area contributed by atoms with Gasteiger partial charge >= 0.3 is 0 Å². The highest BCUT2D eigenvalue weighted by molar-refractivity contribution is 7.12. The predicted octanol–water partition coefficient (Wildman–Crippen LogP) is 1.20. The minimum absolute atomic E-state index is 0.0154. The average Bonchev–Trinajstić information content (AvgIpc) is 3.48. The van der Waals surface area contributed by atoms with E-state index < -0.39 is 0 Å². The zero-order valence-corrected chi connectivity index (χ0v) is 16.2. The van der Waals surface area contributed by atoms with Crippen molar-refractivity contribution in [2.45, 2.75) is 37.8 Å². The Morgan fingerprint density at radius 3 is 2.33 bits per heavy atom. The third kappa shape index (κ3) is 3.73. The molecule has 27 heavy (non-hydrogen) atoms. The van der Waals surface area contributed by atoms with Crippen molar-refractivity contribution in [2.75, 3.05) is 39.3 Å². The summed E-state index contributed by atoms with van der Waals surface area (Å²) in [5.41, 5.74) is 0. The number of nitrogens with zero attached hydrogens (tertiary/aromatic N) is 3. The van der Waals surface area contributed by atoms with Gasteiger partial charge < -0.3 is 19.4 Å². The Hall–Kier alpha value is -1.93. The molecule has 3 aliphatic rings. The summed E-state index contributed by atoms with van der Waals surface area (Å²) in [6.07, 6.45) is 2.99. The Morgan fingerprint density at radius 1 is 0.963 bits per heavy atom. The Morgan fingerprint density at radius 2 is 1.70 bits per heavy atom. The summed E-state index contributed by atoms with van der Waals surface area (Å²) in [6.45, 7) is 3.41. The van der Waals surface area contributed by atoms with Gasteiger partial charge in [-0.05, 0) is 37.1 Å². The van der Waals surface area contributed by atoms with E-state index in [1.54, 1.807) is 4.90 Å². The molecule has 0 radical (unpaired) electrons. The molecular formula is C19H25N3O4S. The first-order valence-electron chi connectivity index (χ1n) is 9.69. The lowest BCUT2D eigenvalue weighted by Crippen LogP contribution is -2.56. The lowest BCUT2D eigenvalue weighted by atomic mass is 10.1. The van der Waals surface area contributed by atoms with Crippen LogP contribution in [0.15, 0.2) is 17.5 Å². The molecule has 7 nitrogen and oxygen atoms in total. The van der Waals surface area contributed by atoms with Crippen molar-refractivity contribution in [1.29, 1.82) is 0 Å². The minimum Gasteiger partial charge on any atom is -0.368 e. The van der Waals surface area contributed by atoms with Gasteiger partial charge in [0.15, 0.2) is 0 Å². The minimum atomic E-state index is -0.375. The SMILES string of the molecule is O=C([C@H]1CCCN1C(=O)c1cccs1)N1CCN(C(=O)[C@H]2CCCO2)CC1. The third-order valence-corrected chi connectivity index (χ3v) is 6.50. The van der Waals surface area contributed by atoms with Gasteiger partial charge in [-0.3, -0.25) is 14.4 Å². The highest BCUT2D eigenvalue weighted by Gasteiger charge is 2.39. The number of carbonyl (C=O) groups excluding carboxylic acids is 3. The summed E-state index contributed by atoms with van der Waals surface area (Å²) in [6, 6.07) is 3.29. The first kappa shape index (κ1) is 18.4. The van der Waals surface area contributed by atoms with Gasteiger partial charge in [0, 0.05) is 39.3 Å². The van der Waals surface area contributed by atoms with E-state index in [0.29, 0.717) is 50.6 Å². The van der Waals surface area contributed by atoms with Crippen LogP contribution >= 0.6 is 11.3 Å². The van der Waals surface area contributed by atoms with Crippen molar-refractivity contribution >= 4 is 29.1 Å². The van der Waals surface area contributed by atoms with E-state index in [1.165, 1.54) is 11.3 Å². The normalized spacial score (nSPS) is 25.9. The van der Waals surface area contributed by atoms with E-state index in [9.17, 15) is 14.4 Å². The van der Waals surface area contributed by atoms with Gasteiger partial charge in [0.05, 0.1) is 4.88 Å². The molecule has 3 amide bonds. The molecule has 8 heteroatoms. The number of piperazine rings is 1. The van der Waals surface area contributed by atoms with Crippen molar-refractivity contribution in [3.8, 4) is 0 Å². The van der Waals surface area contributed by atoms with Gasteiger partial charge in [-0.2, -0.15) is 0 Å². The van der Waals surface area contributed by atoms with Crippen LogP contribution in [-0.4, -0.2) is 83.9 Å². The maximum Gasteiger partial charge on any atom is 0.264 e. The number of thiophene rings is 1. The van der Waals surface area contributed by atoms with E-state index in [1.807, 2.05) is 27.3 Å². The monoisotopic (exact) mass is 391 g/mol. The van der Waals surface area contributed by atoms with Gasteiger partial charge in [-0.15, -0.1) is 11.3 Å². The van der Waals surface area contributed by atoms with Crippen LogP contribution in [0, 0.1) is 0 Å². The van der Waals surface area contributed by atoms with Crippen LogP contribution in [0.25, 0.3) is 0 Å². The highest BCUT2D eigenvalue weighted by Crippen LogP contribution is 2.24. The molecule has 1 aromatic rings. The van der Waals surface area contributed by atoms with E-state index >= 15 is 0 Å². The van der Waals surface area contributed by atoms with E-state index in [2.05, 4.69) is 0 Å². The van der Waals surface area contributed by atoms with E-state index in [4.69, 9.17) is 4.74 Å². The number of carbonyl (C=O) groups is 3. The maximum absolute atomic E-state index is 13.0. The highest BCUT2D eigenvalue weighted by atomic mass is 32.1. The molecule has 4 heterocycles. The molecule has 0 aliphatic carbocycles. The summed E-state index contributed by atoms with van der Waals surface area (Å²) in [5.74, 6) is 0.0182. The maximum atomic E-state index is 13.0. The molecule has 0 N–H and O–H groups in total. The largest absolute Gasteiger partial charge is 0.368 e. The summed E-state index contributed by atoms with van der Waals surface area (Å²) in [4.78, 5) is 44.2. The molecule has 146 valence electrons. The molecule has 1 aromatic heterocycles. The number of ether oxygens (including phenoxy) is 1. The second-order valence-electron chi connectivity index (χ2n) is 7.29. The molecule has 0 bridgehead atoms. The van der Waals surface area contributed by atoms with Gasteiger partial charge in [-0.1, -0.05) is 6.07 Å². The molecular weight excluding hydrogens is 366 g/mol. The standard InChI is InChI=1S/C19H25N3O4S/c23-17(14-4-1-7-22(14)19(25)16-6-3-13-27-16)20-8-10-21(11-9-20)18(24)15-5-2-12-26-15/h3,6,13-15H,1-2,4-5,7-12H2/t14-,15-/m1/s1. The summed E-state index contributed by atoms with van der Waals surface area (Å²) < 4.78 is 5.48. The van der Waals surface area contributed by atoms with Gasteiger partial charge in [0.1, 0.15) is 12.1 Å². The second-order valence-corrected chi connectivity index (χ2v) is 8.23. The lowest BCUT2D eigenvalue weighted by Gasteiger charge is -2.38. The number of amides is 3. The van der Waals surface area contributed by atoms with Gasteiger partial charge in [-0.25, -0.2) is 0 Å². The van der Waals surface area contributed by atoms with E-state index in [-0.39, 0.29) is 29.9 Å². The zero-order chi connectivity index (χ0) is 18.8. The van der Waals surface area contributed by atoms with Crippen LogP contribution in [0.1, 0.15) is 35.4 Å². The smallest absolute Gasteiger partial charge is 0.264 e. The Labute approximate surface area is 162 Å². The Balaban J connectivity index is 1.34. The van der Waals surface area contributed by atoms with Crippen LogP contribution in [0.2, 0.25) is 0 Å². The number of likely N-dealkylation sites (tertiary alicyclic amines) is 1. The number of hydrogen-bond donors (Lipinski definition) is 0. The van der Waals surface area contributed by atoms with Crippen LogP contribution in [0.4, 0.5) is 0 Å². The van der Waals surface area contributed by atoms with Crippen molar-refractivity contribution < 1.29 is 19.1 Å².